The van der Waals surface area contributed by atoms with E-state index in [1.807, 2.05) is 24.3 Å². The minimum Gasteiger partial charge on any atom is -0.403 e. The Morgan fingerprint density at radius 2 is 1.93 bits per heavy atom. The van der Waals surface area contributed by atoms with Gasteiger partial charge in [0.25, 0.3) is 11.6 Å². The van der Waals surface area contributed by atoms with Crippen LogP contribution in [-0.2, 0) is 0 Å². The fourth-order valence-corrected chi connectivity index (χ4v) is 3.60. The van der Waals surface area contributed by atoms with Crippen LogP contribution in [0.25, 0.3) is 21.5 Å². The van der Waals surface area contributed by atoms with Crippen molar-refractivity contribution < 1.29 is 14.1 Å². The predicted molar refractivity (Wildman–Crippen MR) is 104 cm³/mol. The quantitative estimate of drug-likeness (QED) is 0.354. The van der Waals surface area contributed by atoms with E-state index in [-0.39, 0.29) is 17.6 Å². The van der Waals surface area contributed by atoms with E-state index in [0.29, 0.717) is 10.3 Å². The number of carbonyl (C=O) groups is 1. The maximum Gasteiger partial charge on any atom is 0.322 e. The van der Waals surface area contributed by atoms with E-state index in [9.17, 15) is 14.9 Å². The normalized spacial score (nSPS) is 10.9. The Kier molecular flexibility index (Phi) is 4.42. The van der Waals surface area contributed by atoms with Gasteiger partial charge in [0, 0.05) is 32.3 Å². The van der Waals surface area contributed by atoms with Gasteiger partial charge in [-0.15, -0.1) is 16.4 Å². The summed E-state index contributed by atoms with van der Waals surface area (Å²) >= 11 is 4.57. The molecule has 4 rings (SSSR count). The zero-order valence-corrected chi connectivity index (χ0v) is 15.8. The summed E-state index contributed by atoms with van der Waals surface area (Å²) in [5, 5.41) is 21.8. The smallest absolute Gasteiger partial charge is 0.322 e. The molecular formula is C17H9BrN4O4S. The number of anilines is 1. The molecule has 0 aliphatic rings. The number of nitro benzene ring substituents is 1. The number of nitrogens with one attached hydrogen (secondary N) is 1. The molecule has 8 nitrogen and oxygen atoms in total. The second kappa shape index (κ2) is 6.89. The summed E-state index contributed by atoms with van der Waals surface area (Å²) in [7, 11) is 0. The average molecular weight is 445 g/mol. The van der Waals surface area contributed by atoms with Crippen molar-refractivity contribution in [3.63, 3.8) is 0 Å². The van der Waals surface area contributed by atoms with Crippen LogP contribution in [0.5, 0.6) is 0 Å². The molecule has 27 heavy (non-hydrogen) atoms. The van der Waals surface area contributed by atoms with Crippen molar-refractivity contribution in [1.29, 1.82) is 0 Å². The standard InChI is InChI=1S/C17H9BrN4O4S/c18-11-3-1-9(2-4-11)16-20-21-17(26-16)19-15(23)14-8-10-7-12(22(24)25)5-6-13(10)27-14/h1-8H,(H,19,21,23). The maximum absolute atomic E-state index is 12.4. The number of nitrogens with zero attached hydrogens (tertiary/aromatic N) is 3. The molecule has 2 aromatic heterocycles. The first-order valence-electron chi connectivity index (χ1n) is 7.58. The molecule has 0 saturated heterocycles. The van der Waals surface area contributed by atoms with Crippen molar-refractivity contribution in [3.8, 4) is 11.5 Å². The topological polar surface area (TPSA) is 111 Å². The molecule has 0 aliphatic carbocycles. The fraction of sp³-hybridized carbons (Fsp3) is 0. The lowest BCUT2D eigenvalue weighted by molar-refractivity contribution is -0.384. The van der Waals surface area contributed by atoms with Gasteiger partial charge in [0.05, 0.1) is 9.80 Å². The Morgan fingerprint density at radius 1 is 1.15 bits per heavy atom. The molecule has 0 radical (unpaired) electrons. The Labute approximate surface area is 164 Å². The number of hydrogen-bond donors (Lipinski definition) is 1. The van der Waals surface area contributed by atoms with Crippen molar-refractivity contribution >= 4 is 55.0 Å². The fourth-order valence-electron chi connectivity index (χ4n) is 2.40. The average Bonchev–Trinajstić information content (AvgIpc) is 3.28. The molecule has 0 spiro atoms. The van der Waals surface area contributed by atoms with Crippen LogP contribution in [0, 0.1) is 10.1 Å². The van der Waals surface area contributed by atoms with Gasteiger partial charge >= 0.3 is 6.01 Å². The number of halogens is 1. The highest BCUT2D eigenvalue weighted by atomic mass is 79.9. The highest BCUT2D eigenvalue weighted by molar-refractivity contribution is 9.10. The highest BCUT2D eigenvalue weighted by Crippen LogP contribution is 2.29. The minimum atomic E-state index is -0.473. The van der Waals surface area contributed by atoms with Gasteiger partial charge in [-0.25, -0.2) is 0 Å². The van der Waals surface area contributed by atoms with Crippen LogP contribution >= 0.6 is 27.3 Å². The van der Waals surface area contributed by atoms with Crippen LogP contribution in [0.4, 0.5) is 11.7 Å². The molecule has 2 aromatic carbocycles. The summed E-state index contributed by atoms with van der Waals surface area (Å²) < 4.78 is 7.16. The zero-order chi connectivity index (χ0) is 19.0. The Hall–Kier alpha value is -3.11. The highest BCUT2D eigenvalue weighted by Gasteiger charge is 2.16. The second-order valence-electron chi connectivity index (χ2n) is 5.46. The van der Waals surface area contributed by atoms with Crippen LogP contribution in [0.15, 0.2) is 57.4 Å². The van der Waals surface area contributed by atoms with Gasteiger partial charge in [-0.2, -0.15) is 0 Å². The van der Waals surface area contributed by atoms with Gasteiger partial charge in [-0.1, -0.05) is 21.0 Å². The number of carbonyl (C=O) groups excluding carboxylic acids is 1. The van der Waals surface area contributed by atoms with Gasteiger partial charge in [-0.05, 0) is 36.4 Å². The number of hydrogen-bond acceptors (Lipinski definition) is 7. The summed E-state index contributed by atoms with van der Waals surface area (Å²) in [6.07, 6.45) is 0. The Morgan fingerprint density at radius 3 is 2.67 bits per heavy atom. The molecule has 0 unspecified atom stereocenters. The van der Waals surface area contributed by atoms with Gasteiger partial charge < -0.3 is 4.42 Å². The first-order valence-corrected chi connectivity index (χ1v) is 9.19. The van der Waals surface area contributed by atoms with Crippen molar-refractivity contribution in [2.75, 3.05) is 5.32 Å². The van der Waals surface area contributed by atoms with E-state index in [2.05, 4.69) is 31.4 Å². The Bertz CT molecular complexity index is 1170. The minimum absolute atomic E-state index is 0.0247. The molecule has 0 fully saturated rings. The first-order chi connectivity index (χ1) is 13.0. The lowest BCUT2D eigenvalue weighted by atomic mass is 10.2. The molecule has 0 atom stereocenters. The zero-order valence-electron chi connectivity index (χ0n) is 13.4. The van der Waals surface area contributed by atoms with Crippen molar-refractivity contribution in [2.24, 2.45) is 0 Å². The molecular weight excluding hydrogens is 436 g/mol. The summed E-state index contributed by atoms with van der Waals surface area (Å²) in [6, 6.07) is 13.3. The number of non-ortho nitro benzene ring substituents is 1. The first kappa shape index (κ1) is 17.3. The van der Waals surface area contributed by atoms with E-state index in [1.54, 1.807) is 12.1 Å². The maximum atomic E-state index is 12.4. The van der Waals surface area contributed by atoms with E-state index >= 15 is 0 Å². The van der Waals surface area contributed by atoms with Gasteiger partial charge in [0.15, 0.2) is 0 Å². The van der Waals surface area contributed by atoms with Crippen LogP contribution < -0.4 is 5.32 Å². The largest absolute Gasteiger partial charge is 0.403 e. The molecule has 1 N–H and O–H groups in total. The number of nitro groups is 1. The third-order valence-corrected chi connectivity index (χ3v) is 5.31. The van der Waals surface area contributed by atoms with Crippen LogP contribution in [0.1, 0.15) is 9.67 Å². The van der Waals surface area contributed by atoms with Crippen LogP contribution in [-0.4, -0.2) is 21.0 Å². The monoisotopic (exact) mass is 444 g/mol. The molecule has 0 aliphatic heterocycles. The second-order valence-corrected chi connectivity index (χ2v) is 7.46. The molecule has 4 aromatic rings. The van der Waals surface area contributed by atoms with Gasteiger partial charge in [0.2, 0.25) is 5.89 Å². The number of amides is 1. The van der Waals surface area contributed by atoms with E-state index in [0.717, 1.165) is 14.7 Å². The van der Waals surface area contributed by atoms with Gasteiger partial charge in [-0.3, -0.25) is 20.2 Å². The SMILES string of the molecule is O=C(Nc1nnc(-c2ccc(Br)cc2)o1)c1cc2cc([N+](=O)[O-])ccc2s1. The van der Waals surface area contributed by atoms with Crippen LogP contribution in [0.3, 0.4) is 0 Å². The van der Waals surface area contributed by atoms with Gasteiger partial charge in [0.1, 0.15) is 0 Å². The number of fused-ring (bicyclic) bond motifs is 1. The van der Waals surface area contributed by atoms with Crippen LogP contribution in [0.2, 0.25) is 0 Å². The number of aromatic nitrogens is 2. The molecule has 0 bridgehead atoms. The molecule has 2 heterocycles. The number of rotatable bonds is 4. The molecule has 1 amide bonds. The van der Waals surface area contributed by atoms with Crippen molar-refractivity contribution in [2.45, 2.75) is 0 Å². The lowest BCUT2D eigenvalue weighted by Crippen LogP contribution is -2.10. The summed E-state index contributed by atoms with van der Waals surface area (Å²) in [5.74, 6) is -0.144. The molecule has 10 heteroatoms. The summed E-state index contributed by atoms with van der Waals surface area (Å²) in [5.41, 5.74) is 0.698. The predicted octanol–water partition coefficient (Wildman–Crippen LogP) is 4.87. The van der Waals surface area contributed by atoms with E-state index < -0.39 is 10.8 Å². The van der Waals surface area contributed by atoms with Crippen molar-refractivity contribution in [1.82, 2.24) is 10.2 Å². The van der Waals surface area contributed by atoms with E-state index in [4.69, 9.17) is 4.42 Å². The molecule has 0 saturated carbocycles. The third kappa shape index (κ3) is 3.57. The third-order valence-electron chi connectivity index (χ3n) is 3.67. The van der Waals surface area contributed by atoms with Crippen molar-refractivity contribution in [3.05, 3.63) is 68.0 Å². The summed E-state index contributed by atoms with van der Waals surface area (Å²) in [6.45, 7) is 0. The number of benzene rings is 2. The molecule has 134 valence electrons. The van der Waals surface area contributed by atoms with E-state index in [1.165, 1.54) is 23.5 Å². The lowest BCUT2D eigenvalue weighted by Gasteiger charge is -1.97. The summed E-state index contributed by atoms with van der Waals surface area (Å²) in [4.78, 5) is 23.2. The number of thiophene rings is 1. The Balaban J connectivity index is 1.54.